The van der Waals surface area contributed by atoms with Gasteiger partial charge in [-0.2, -0.15) is 0 Å². The maximum absolute atomic E-state index is 5.98. The van der Waals surface area contributed by atoms with Crippen molar-refractivity contribution in [3.8, 4) is 17.2 Å². The highest BCUT2D eigenvalue weighted by atomic mass is 16.5. The lowest BCUT2D eigenvalue weighted by Gasteiger charge is -2.12. The highest BCUT2D eigenvalue weighted by Gasteiger charge is 2.13. The number of pyridine rings is 1. The normalized spacial score (nSPS) is 11.1. The Labute approximate surface area is 123 Å². The molecular formula is C15H17N3O3. The van der Waals surface area contributed by atoms with Gasteiger partial charge in [0.1, 0.15) is 5.84 Å². The van der Waals surface area contributed by atoms with Crippen LogP contribution in [0.25, 0.3) is 0 Å². The zero-order valence-corrected chi connectivity index (χ0v) is 12.2. The predicted molar refractivity (Wildman–Crippen MR) is 80.7 cm³/mol. The smallest absolute Gasteiger partial charge is 0.203 e. The summed E-state index contributed by atoms with van der Waals surface area (Å²) < 4.78 is 15.8. The van der Waals surface area contributed by atoms with Crippen LogP contribution in [0.1, 0.15) is 5.56 Å². The Hall–Kier alpha value is -2.76. The molecule has 0 aliphatic rings. The van der Waals surface area contributed by atoms with Crippen LogP contribution in [0.15, 0.2) is 41.7 Å². The lowest BCUT2D eigenvalue weighted by atomic mass is 10.2. The van der Waals surface area contributed by atoms with Crippen LogP contribution in [-0.4, -0.2) is 32.1 Å². The third kappa shape index (κ3) is 3.22. The number of hydrogen-bond acceptors (Lipinski definition) is 5. The SMILES string of the molecule is COc1cc(N=C(N)c2cccnc2)cc(OC)c1OC. The molecule has 6 heteroatoms. The van der Waals surface area contributed by atoms with E-state index in [-0.39, 0.29) is 0 Å². The lowest BCUT2D eigenvalue weighted by Crippen LogP contribution is -2.12. The molecule has 1 aromatic heterocycles. The number of methoxy groups -OCH3 is 3. The molecule has 0 saturated heterocycles. The zero-order valence-electron chi connectivity index (χ0n) is 12.2. The quantitative estimate of drug-likeness (QED) is 0.673. The fraction of sp³-hybridized carbons (Fsp3) is 0.200. The Bertz CT molecular complexity index is 617. The van der Waals surface area contributed by atoms with Crippen molar-refractivity contribution in [2.75, 3.05) is 21.3 Å². The molecule has 0 amide bonds. The van der Waals surface area contributed by atoms with Gasteiger partial charge in [-0.15, -0.1) is 0 Å². The average molecular weight is 287 g/mol. The van der Waals surface area contributed by atoms with E-state index in [1.165, 1.54) is 0 Å². The largest absolute Gasteiger partial charge is 0.493 e. The minimum atomic E-state index is 0.359. The molecule has 6 nitrogen and oxygen atoms in total. The molecule has 0 saturated carbocycles. The minimum Gasteiger partial charge on any atom is -0.493 e. The van der Waals surface area contributed by atoms with Crippen LogP contribution in [0.4, 0.5) is 5.69 Å². The van der Waals surface area contributed by atoms with Crippen LogP contribution in [0.3, 0.4) is 0 Å². The summed E-state index contributed by atoms with van der Waals surface area (Å²) >= 11 is 0. The third-order valence-corrected chi connectivity index (χ3v) is 2.86. The van der Waals surface area contributed by atoms with Gasteiger partial charge in [0.25, 0.3) is 0 Å². The van der Waals surface area contributed by atoms with E-state index < -0.39 is 0 Å². The number of benzene rings is 1. The first-order chi connectivity index (χ1) is 10.2. The molecule has 2 aromatic rings. The number of aliphatic imine (C=N–C) groups is 1. The molecule has 2 N–H and O–H groups in total. The van der Waals surface area contributed by atoms with Crippen molar-refractivity contribution >= 4 is 11.5 Å². The zero-order chi connectivity index (χ0) is 15.2. The average Bonchev–Trinajstić information content (AvgIpc) is 2.54. The predicted octanol–water partition coefficient (Wildman–Crippen LogP) is 2.14. The molecular weight excluding hydrogens is 270 g/mol. The maximum Gasteiger partial charge on any atom is 0.203 e. The van der Waals surface area contributed by atoms with E-state index in [2.05, 4.69) is 9.98 Å². The molecule has 0 bridgehead atoms. The molecule has 0 radical (unpaired) electrons. The summed E-state index contributed by atoms with van der Waals surface area (Å²) in [6, 6.07) is 7.09. The van der Waals surface area contributed by atoms with Gasteiger partial charge in [0, 0.05) is 30.1 Å². The van der Waals surface area contributed by atoms with Crippen molar-refractivity contribution < 1.29 is 14.2 Å². The summed E-state index contributed by atoms with van der Waals surface area (Å²) in [5, 5.41) is 0. The molecule has 110 valence electrons. The van der Waals surface area contributed by atoms with Crippen molar-refractivity contribution in [1.29, 1.82) is 0 Å². The Morgan fingerprint density at radius 3 is 2.24 bits per heavy atom. The van der Waals surface area contributed by atoms with Gasteiger partial charge in [-0.05, 0) is 12.1 Å². The summed E-state index contributed by atoms with van der Waals surface area (Å²) in [6.07, 6.45) is 3.33. The molecule has 0 unspecified atom stereocenters. The van der Waals surface area contributed by atoms with Crippen LogP contribution in [0.2, 0.25) is 0 Å². The fourth-order valence-corrected chi connectivity index (χ4v) is 1.85. The molecule has 0 fully saturated rings. The molecule has 0 spiro atoms. The number of nitrogens with two attached hydrogens (primary N) is 1. The fourth-order valence-electron chi connectivity index (χ4n) is 1.85. The van der Waals surface area contributed by atoms with Crippen LogP contribution in [0, 0.1) is 0 Å². The van der Waals surface area contributed by atoms with E-state index in [0.717, 1.165) is 5.56 Å². The second kappa shape index (κ2) is 6.60. The Morgan fingerprint density at radius 2 is 1.76 bits per heavy atom. The van der Waals surface area contributed by atoms with E-state index in [9.17, 15) is 0 Å². The second-order valence-electron chi connectivity index (χ2n) is 4.12. The van der Waals surface area contributed by atoms with Gasteiger partial charge >= 0.3 is 0 Å². The van der Waals surface area contributed by atoms with Gasteiger partial charge < -0.3 is 19.9 Å². The van der Waals surface area contributed by atoms with Crippen molar-refractivity contribution in [1.82, 2.24) is 4.98 Å². The number of amidine groups is 1. The number of nitrogens with zero attached hydrogens (tertiary/aromatic N) is 2. The topological polar surface area (TPSA) is 79.0 Å². The summed E-state index contributed by atoms with van der Waals surface area (Å²) in [5.74, 6) is 1.92. The van der Waals surface area contributed by atoms with Gasteiger partial charge in [-0.25, -0.2) is 4.99 Å². The van der Waals surface area contributed by atoms with Gasteiger partial charge in [-0.3, -0.25) is 4.98 Å². The highest BCUT2D eigenvalue weighted by molar-refractivity contribution is 5.98. The maximum atomic E-state index is 5.98. The van der Waals surface area contributed by atoms with Gasteiger partial charge in [-0.1, -0.05) is 0 Å². The number of aromatic nitrogens is 1. The third-order valence-electron chi connectivity index (χ3n) is 2.86. The van der Waals surface area contributed by atoms with Crippen LogP contribution in [0.5, 0.6) is 17.2 Å². The van der Waals surface area contributed by atoms with Crippen molar-refractivity contribution in [3.63, 3.8) is 0 Å². The standard InChI is InChI=1S/C15H17N3O3/c1-19-12-7-11(8-13(20-2)14(12)21-3)18-15(16)10-5-4-6-17-9-10/h4-9H,1-3H3,(H2,16,18). The lowest BCUT2D eigenvalue weighted by molar-refractivity contribution is 0.324. The van der Waals surface area contributed by atoms with Crippen LogP contribution >= 0.6 is 0 Å². The monoisotopic (exact) mass is 287 g/mol. The Balaban J connectivity index is 2.45. The van der Waals surface area contributed by atoms with Gasteiger partial charge in [0.05, 0.1) is 27.0 Å². The van der Waals surface area contributed by atoms with Crippen molar-refractivity contribution in [2.24, 2.45) is 10.7 Å². The molecule has 1 heterocycles. The first-order valence-electron chi connectivity index (χ1n) is 6.24. The Kier molecular flexibility index (Phi) is 4.61. The summed E-state index contributed by atoms with van der Waals surface area (Å²) in [7, 11) is 4.65. The first kappa shape index (κ1) is 14.6. The number of ether oxygens (including phenoxy) is 3. The van der Waals surface area contributed by atoms with Crippen molar-refractivity contribution in [2.45, 2.75) is 0 Å². The molecule has 21 heavy (non-hydrogen) atoms. The highest BCUT2D eigenvalue weighted by Crippen LogP contribution is 2.40. The minimum absolute atomic E-state index is 0.359. The molecule has 1 aromatic carbocycles. The van der Waals surface area contributed by atoms with Crippen molar-refractivity contribution in [3.05, 3.63) is 42.2 Å². The molecule has 0 atom stereocenters. The number of rotatable bonds is 5. The van der Waals surface area contributed by atoms with E-state index in [0.29, 0.717) is 28.8 Å². The molecule has 0 aliphatic carbocycles. The van der Waals surface area contributed by atoms with E-state index >= 15 is 0 Å². The summed E-state index contributed by atoms with van der Waals surface area (Å²) in [4.78, 5) is 8.37. The number of hydrogen-bond donors (Lipinski definition) is 1. The van der Waals surface area contributed by atoms with E-state index in [4.69, 9.17) is 19.9 Å². The molecule has 2 rings (SSSR count). The van der Waals surface area contributed by atoms with Crippen LogP contribution < -0.4 is 19.9 Å². The summed E-state index contributed by atoms with van der Waals surface area (Å²) in [5.41, 5.74) is 7.32. The van der Waals surface area contributed by atoms with Gasteiger partial charge in [0.2, 0.25) is 5.75 Å². The molecule has 0 aliphatic heterocycles. The summed E-state index contributed by atoms with van der Waals surface area (Å²) in [6.45, 7) is 0. The first-order valence-corrected chi connectivity index (χ1v) is 6.24. The van der Waals surface area contributed by atoms with E-state index in [1.54, 1.807) is 51.9 Å². The van der Waals surface area contributed by atoms with Gasteiger partial charge in [0.15, 0.2) is 11.5 Å². The van der Waals surface area contributed by atoms with E-state index in [1.807, 2.05) is 6.07 Å². The second-order valence-corrected chi connectivity index (χ2v) is 4.12. The Morgan fingerprint density at radius 1 is 1.10 bits per heavy atom. The van der Waals surface area contributed by atoms with Crippen LogP contribution in [-0.2, 0) is 0 Å².